The zero-order chi connectivity index (χ0) is 23.1. The molecule has 0 radical (unpaired) electrons. The predicted octanol–water partition coefficient (Wildman–Crippen LogP) is 4.49. The van der Waals surface area contributed by atoms with Crippen LogP contribution in [0.1, 0.15) is 53.2 Å². The monoisotopic (exact) mass is 466 g/mol. The number of carbonyl (C=O) groups is 1. The fourth-order valence-corrected chi connectivity index (χ4v) is 3.71. The molecule has 0 spiro atoms. The van der Waals surface area contributed by atoms with Crippen molar-refractivity contribution in [2.24, 2.45) is 0 Å². The second-order valence-electron chi connectivity index (χ2n) is 6.91. The molecule has 0 amide bonds. The highest BCUT2D eigenvalue weighted by Crippen LogP contribution is 2.36. The molecule has 0 aliphatic carbocycles. The fraction of sp³-hybridized carbons (Fsp3) is 0.409. The highest BCUT2D eigenvalue weighted by Gasteiger charge is 2.26. The van der Waals surface area contributed by atoms with Crippen molar-refractivity contribution < 1.29 is 19.4 Å². The molecule has 0 saturated heterocycles. The van der Waals surface area contributed by atoms with Crippen molar-refractivity contribution in [3.05, 3.63) is 54.8 Å². The Hall–Kier alpha value is -2.53. The van der Waals surface area contributed by atoms with E-state index in [4.69, 9.17) is 32.7 Å². The molecule has 1 aromatic carbocycles. The summed E-state index contributed by atoms with van der Waals surface area (Å²) in [5.41, 5.74) is -0.926. The Morgan fingerprint density at radius 3 is 2.42 bits per heavy atom. The zero-order valence-corrected chi connectivity index (χ0v) is 19.1. The van der Waals surface area contributed by atoms with Gasteiger partial charge in [0.1, 0.15) is 11.6 Å². The summed E-state index contributed by atoms with van der Waals surface area (Å²) in [5.74, 6) is -0.894. The van der Waals surface area contributed by atoms with Crippen molar-refractivity contribution in [2.75, 3.05) is 20.3 Å². The van der Waals surface area contributed by atoms with Crippen molar-refractivity contribution in [1.29, 1.82) is 5.26 Å². The summed E-state index contributed by atoms with van der Waals surface area (Å²) >= 11 is 12.6. The van der Waals surface area contributed by atoms with E-state index in [-0.39, 0.29) is 51.2 Å². The largest absolute Gasteiger partial charge is 0.494 e. The number of rotatable bonds is 10. The van der Waals surface area contributed by atoms with Gasteiger partial charge in [0.25, 0.3) is 5.56 Å². The smallest absolute Gasteiger partial charge is 0.271 e. The van der Waals surface area contributed by atoms with Gasteiger partial charge in [-0.05, 0) is 31.0 Å². The number of unbranched alkanes of at least 4 members (excludes halogenated alkanes) is 2. The number of aromatic nitrogens is 1. The van der Waals surface area contributed by atoms with Gasteiger partial charge in [0.15, 0.2) is 11.5 Å². The third-order valence-electron chi connectivity index (χ3n) is 4.80. The Kier molecular flexibility index (Phi) is 8.93. The summed E-state index contributed by atoms with van der Waals surface area (Å²) < 4.78 is 11.5. The molecule has 0 aliphatic rings. The minimum atomic E-state index is -0.696. The van der Waals surface area contributed by atoms with Gasteiger partial charge in [-0.1, -0.05) is 43.0 Å². The average Bonchev–Trinajstić information content (AvgIpc) is 2.72. The van der Waals surface area contributed by atoms with Gasteiger partial charge in [-0.15, -0.1) is 0 Å². The molecule has 1 heterocycles. The number of ketones is 1. The van der Waals surface area contributed by atoms with Crippen LogP contribution in [0.3, 0.4) is 0 Å². The summed E-state index contributed by atoms with van der Waals surface area (Å²) in [4.78, 5) is 25.7. The van der Waals surface area contributed by atoms with Gasteiger partial charge in [-0.25, -0.2) is 0 Å². The molecule has 7 nitrogen and oxygen atoms in total. The molecule has 1 N–H and O–H groups in total. The molecule has 0 bridgehead atoms. The molecule has 2 aromatic rings. The van der Waals surface area contributed by atoms with E-state index >= 15 is 0 Å². The highest BCUT2D eigenvalue weighted by atomic mass is 35.5. The Labute approximate surface area is 190 Å². The quantitative estimate of drug-likeness (QED) is 0.408. The molecule has 2 rings (SSSR count). The summed E-state index contributed by atoms with van der Waals surface area (Å²) in [6, 6.07) is 4.59. The van der Waals surface area contributed by atoms with Gasteiger partial charge in [-0.3, -0.25) is 14.2 Å². The maximum Gasteiger partial charge on any atom is 0.271 e. The number of hydrogen-bond acceptors (Lipinski definition) is 6. The van der Waals surface area contributed by atoms with Crippen LogP contribution in [0.2, 0.25) is 10.0 Å². The van der Waals surface area contributed by atoms with E-state index in [1.54, 1.807) is 0 Å². The van der Waals surface area contributed by atoms with Gasteiger partial charge in [0, 0.05) is 12.7 Å². The fourth-order valence-electron chi connectivity index (χ4n) is 3.11. The third kappa shape index (κ3) is 5.40. The Balaban J connectivity index is 2.52. The maximum atomic E-state index is 13.2. The summed E-state index contributed by atoms with van der Waals surface area (Å²) in [6.07, 6.45) is 2.89. The molecule has 1 aromatic heterocycles. The van der Waals surface area contributed by atoms with Gasteiger partial charge in [0.05, 0.1) is 35.4 Å². The SMILES string of the molecule is CCCCCOc1c(Cl)cc(C(=O)c2c(C)c(C#N)c(=O)n(CCOC)c2O)cc1Cl. The van der Waals surface area contributed by atoms with Crippen LogP contribution in [0.4, 0.5) is 0 Å². The first-order valence-electron chi connectivity index (χ1n) is 9.80. The molecule has 0 saturated carbocycles. The van der Waals surface area contributed by atoms with Gasteiger partial charge in [0.2, 0.25) is 5.88 Å². The lowest BCUT2D eigenvalue weighted by atomic mass is 9.97. The highest BCUT2D eigenvalue weighted by molar-refractivity contribution is 6.38. The molecule has 0 aliphatic heterocycles. The first-order valence-corrected chi connectivity index (χ1v) is 10.6. The number of carbonyl (C=O) groups excluding carboxylic acids is 1. The van der Waals surface area contributed by atoms with Crippen molar-refractivity contribution in [3.63, 3.8) is 0 Å². The Morgan fingerprint density at radius 2 is 1.87 bits per heavy atom. The lowest BCUT2D eigenvalue weighted by Crippen LogP contribution is -2.28. The van der Waals surface area contributed by atoms with Crippen LogP contribution in [0.15, 0.2) is 16.9 Å². The van der Waals surface area contributed by atoms with Crippen molar-refractivity contribution >= 4 is 29.0 Å². The lowest BCUT2D eigenvalue weighted by molar-refractivity contribution is 0.103. The maximum absolute atomic E-state index is 13.2. The summed E-state index contributed by atoms with van der Waals surface area (Å²) in [6.45, 7) is 4.03. The molecule has 0 fully saturated rings. The van der Waals surface area contributed by atoms with Gasteiger partial charge < -0.3 is 14.6 Å². The van der Waals surface area contributed by atoms with E-state index in [2.05, 4.69) is 6.92 Å². The lowest BCUT2D eigenvalue weighted by Gasteiger charge is -2.16. The van der Waals surface area contributed by atoms with Crippen molar-refractivity contribution in [2.45, 2.75) is 39.7 Å². The molecule has 0 atom stereocenters. The zero-order valence-electron chi connectivity index (χ0n) is 17.6. The minimum absolute atomic E-state index is 0.0253. The number of methoxy groups -OCH3 is 1. The summed E-state index contributed by atoms with van der Waals surface area (Å²) in [5, 5.41) is 20.4. The topological polar surface area (TPSA) is 102 Å². The van der Waals surface area contributed by atoms with Crippen molar-refractivity contribution in [1.82, 2.24) is 4.57 Å². The molecule has 9 heteroatoms. The van der Waals surface area contributed by atoms with E-state index in [1.165, 1.54) is 26.2 Å². The van der Waals surface area contributed by atoms with Gasteiger partial charge in [-0.2, -0.15) is 5.26 Å². The van der Waals surface area contributed by atoms with Crippen LogP contribution in [0.25, 0.3) is 0 Å². The van der Waals surface area contributed by atoms with E-state index in [0.717, 1.165) is 23.8 Å². The first kappa shape index (κ1) is 24.7. The number of benzene rings is 1. The molecular formula is C22H24Cl2N2O5. The molecule has 166 valence electrons. The van der Waals surface area contributed by atoms with Crippen LogP contribution in [-0.4, -0.2) is 35.8 Å². The van der Waals surface area contributed by atoms with Crippen LogP contribution in [0.5, 0.6) is 11.6 Å². The average molecular weight is 467 g/mol. The second kappa shape index (κ2) is 11.2. The minimum Gasteiger partial charge on any atom is -0.494 e. The Morgan fingerprint density at radius 1 is 1.23 bits per heavy atom. The first-order chi connectivity index (χ1) is 14.8. The number of halogens is 2. The number of hydrogen-bond donors (Lipinski definition) is 1. The van der Waals surface area contributed by atoms with Crippen molar-refractivity contribution in [3.8, 4) is 17.7 Å². The Bertz CT molecular complexity index is 1050. The summed E-state index contributed by atoms with van der Waals surface area (Å²) in [7, 11) is 1.43. The number of ether oxygens (including phenoxy) is 2. The van der Waals surface area contributed by atoms with Crippen LogP contribution >= 0.6 is 23.2 Å². The van der Waals surface area contributed by atoms with E-state index in [1.807, 2.05) is 6.07 Å². The number of pyridine rings is 1. The van der Waals surface area contributed by atoms with E-state index in [9.17, 15) is 20.0 Å². The van der Waals surface area contributed by atoms with Crippen LogP contribution in [-0.2, 0) is 11.3 Å². The van der Waals surface area contributed by atoms with Gasteiger partial charge >= 0.3 is 0 Å². The van der Waals surface area contributed by atoms with Crippen LogP contribution in [0, 0.1) is 18.3 Å². The van der Waals surface area contributed by atoms with Crippen LogP contribution < -0.4 is 10.3 Å². The second-order valence-corrected chi connectivity index (χ2v) is 7.73. The standard InChI is InChI=1S/C22H24Cl2N2O5/c1-4-5-6-8-31-20-16(23)10-14(11-17(20)24)19(27)18-13(2)15(12-25)21(28)26(22(18)29)7-9-30-3/h10-11,29H,4-9H2,1-3H3. The number of aromatic hydroxyl groups is 1. The predicted molar refractivity (Wildman–Crippen MR) is 119 cm³/mol. The van der Waals surface area contributed by atoms with E-state index < -0.39 is 17.2 Å². The normalized spacial score (nSPS) is 10.7. The van der Waals surface area contributed by atoms with E-state index in [0.29, 0.717) is 6.61 Å². The molecular weight excluding hydrogens is 443 g/mol. The third-order valence-corrected chi connectivity index (χ3v) is 5.36. The molecule has 31 heavy (non-hydrogen) atoms. The number of nitriles is 1. The number of nitrogens with zero attached hydrogens (tertiary/aromatic N) is 2. The molecule has 0 unspecified atom stereocenters.